The SMILES string of the molecule is Cc1[nH]c2ccc(I)cc2c(=O)c1C(=O)Nc1ccc(Cl)cc1. The maximum atomic E-state index is 12.7. The molecule has 2 aromatic carbocycles. The topological polar surface area (TPSA) is 62.0 Å². The molecule has 1 heterocycles. The Morgan fingerprint density at radius 3 is 2.57 bits per heavy atom. The number of hydrogen-bond acceptors (Lipinski definition) is 2. The van der Waals surface area contributed by atoms with Crippen LogP contribution in [0.3, 0.4) is 0 Å². The number of aromatic amines is 1. The Bertz CT molecular complexity index is 965. The Balaban J connectivity index is 2.06. The highest BCUT2D eigenvalue weighted by Crippen LogP contribution is 2.17. The lowest BCUT2D eigenvalue weighted by Crippen LogP contribution is -2.24. The van der Waals surface area contributed by atoms with E-state index < -0.39 is 5.91 Å². The molecular formula is C17H12ClIN2O2. The molecule has 0 radical (unpaired) electrons. The molecule has 2 N–H and O–H groups in total. The van der Waals surface area contributed by atoms with Crippen LogP contribution in [0.1, 0.15) is 16.1 Å². The maximum absolute atomic E-state index is 12.7. The van der Waals surface area contributed by atoms with E-state index in [1.54, 1.807) is 37.3 Å². The third-order valence-corrected chi connectivity index (χ3v) is 4.40. The predicted molar refractivity (Wildman–Crippen MR) is 101 cm³/mol. The van der Waals surface area contributed by atoms with E-state index in [2.05, 4.69) is 32.9 Å². The normalized spacial score (nSPS) is 10.7. The van der Waals surface area contributed by atoms with Crippen LogP contribution in [-0.4, -0.2) is 10.9 Å². The number of aromatic nitrogens is 1. The number of amides is 1. The standard InChI is InChI=1S/C17H12ClIN2O2/c1-9-15(17(23)21-12-5-2-10(18)3-6-12)16(22)13-8-11(19)4-7-14(13)20-9/h2-8H,1H3,(H,20,22)(H,21,23). The van der Waals surface area contributed by atoms with E-state index in [0.29, 0.717) is 21.8 Å². The van der Waals surface area contributed by atoms with Crippen LogP contribution in [0, 0.1) is 10.5 Å². The fourth-order valence-electron chi connectivity index (χ4n) is 2.38. The summed E-state index contributed by atoms with van der Waals surface area (Å²) in [7, 11) is 0. The van der Waals surface area contributed by atoms with Gasteiger partial charge >= 0.3 is 0 Å². The van der Waals surface area contributed by atoms with Gasteiger partial charge in [0.15, 0.2) is 0 Å². The van der Waals surface area contributed by atoms with Gasteiger partial charge in [0.25, 0.3) is 5.91 Å². The number of aryl methyl sites for hydroxylation is 1. The molecule has 23 heavy (non-hydrogen) atoms. The maximum Gasteiger partial charge on any atom is 0.261 e. The van der Waals surface area contributed by atoms with Crippen molar-refractivity contribution in [3.05, 3.63) is 72.5 Å². The quantitative estimate of drug-likeness (QED) is 0.585. The molecule has 0 aliphatic rings. The molecular weight excluding hydrogens is 427 g/mol. The second-order valence-corrected chi connectivity index (χ2v) is 6.79. The van der Waals surface area contributed by atoms with Crippen molar-refractivity contribution in [3.63, 3.8) is 0 Å². The van der Waals surface area contributed by atoms with Gasteiger partial charge < -0.3 is 10.3 Å². The first-order valence-corrected chi connectivity index (χ1v) is 8.30. The Morgan fingerprint density at radius 1 is 1.17 bits per heavy atom. The summed E-state index contributed by atoms with van der Waals surface area (Å²) in [5, 5.41) is 3.81. The minimum Gasteiger partial charge on any atom is -0.358 e. The van der Waals surface area contributed by atoms with Gasteiger partial charge in [-0.05, 0) is 72.0 Å². The van der Waals surface area contributed by atoms with Crippen molar-refractivity contribution in [2.75, 3.05) is 5.32 Å². The second kappa shape index (κ2) is 6.33. The van der Waals surface area contributed by atoms with Crippen LogP contribution in [0.25, 0.3) is 10.9 Å². The molecule has 0 aliphatic heterocycles. The van der Waals surface area contributed by atoms with Crippen LogP contribution in [0.2, 0.25) is 5.02 Å². The number of anilines is 1. The molecule has 0 unspecified atom stereocenters. The van der Waals surface area contributed by atoms with E-state index in [-0.39, 0.29) is 11.0 Å². The van der Waals surface area contributed by atoms with Crippen molar-refractivity contribution in [1.29, 1.82) is 0 Å². The van der Waals surface area contributed by atoms with Gasteiger partial charge in [0, 0.05) is 30.9 Å². The first-order valence-electron chi connectivity index (χ1n) is 6.85. The smallest absolute Gasteiger partial charge is 0.261 e. The summed E-state index contributed by atoms with van der Waals surface area (Å²) in [6, 6.07) is 12.3. The Labute approximate surface area is 151 Å². The van der Waals surface area contributed by atoms with Crippen molar-refractivity contribution < 1.29 is 4.79 Å². The van der Waals surface area contributed by atoms with Crippen LogP contribution < -0.4 is 10.7 Å². The Hall–Kier alpha value is -1.86. The summed E-state index contributed by atoms with van der Waals surface area (Å²) in [6.45, 7) is 1.72. The van der Waals surface area contributed by atoms with Crippen molar-refractivity contribution in [2.24, 2.45) is 0 Å². The summed E-state index contributed by atoms with van der Waals surface area (Å²) in [6.07, 6.45) is 0. The largest absolute Gasteiger partial charge is 0.358 e. The van der Waals surface area contributed by atoms with E-state index in [1.807, 2.05) is 12.1 Å². The van der Waals surface area contributed by atoms with Gasteiger partial charge in [-0.25, -0.2) is 0 Å². The minimum absolute atomic E-state index is 0.120. The van der Waals surface area contributed by atoms with Gasteiger partial charge in [0.05, 0.1) is 0 Å². The number of rotatable bonds is 2. The summed E-state index contributed by atoms with van der Waals surface area (Å²) in [4.78, 5) is 28.3. The second-order valence-electron chi connectivity index (χ2n) is 5.11. The molecule has 0 bridgehead atoms. The number of benzene rings is 2. The molecule has 3 aromatic rings. The third-order valence-electron chi connectivity index (χ3n) is 3.48. The molecule has 1 aromatic heterocycles. The highest BCUT2D eigenvalue weighted by atomic mass is 127. The summed E-state index contributed by atoms with van der Waals surface area (Å²) >= 11 is 7.97. The zero-order valence-corrected chi connectivity index (χ0v) is 15.0. The molecule has 6 heteroatoms. The highest BCUT2D eigenvalue weighted by molar-refractivity contribution is 14.1. The molecule has 0 saturated heterocycles. The monoisotopic (exact) mass is 438 g/mol. The van der Waals surface area contributed by atoms with E-state index in [1.165, 1.54) is 0 Å². The molecule has 0 fully saturated rings. The van der Waals surface area contributed by atoms with Crippen molar-refractivity contribution >= 4 is 56.7 Å². The van der Waals surface area contributed by atoms with Gasteiger partial charge in [0.2, 0.25) is 5.43 Å². The first-order chi connectivity index (χ1) is 11.0. The molecule has 0 aliphatic carbocycles. The molecule has 3 rings (SSSR count). The van der Waals surface area contributed by atoms with Crippen molar-refractivity contribution in [1.82, 2.24) is 4.98 Å². The van der Waals surface area contributed by atoms with Crippen LogP contribution >= 0.6 is 34.2 Å². The summed E-state index contributed by atoms with van der Waals surface area (Å²) < 4.78 is 0.938. The fraction of sp³-hybridized carbons (Fsp3) is 0.0588. The fourth-order valence-corrected chi connectivity index (χ4v) is 3.00. The highest BCUT2D eigenvalue weighted by Gasteiger charge is 2.17. The van der Waals surface area contributed by atoms with Gasteiger partial charge in [-0.15, -0.1) is 0 Å². The Morgan fingerprint density at radius 2 is 1.87 bits per heavy atom. The lowest BCUT2D eigenvalue weighted by molar-refractivity contribution is 0.102. The van der Waals surface area contributed by atoms with Gasteiger partial charge in [0.1, 0.15) is 5.56 Å². The van der Waals surface area contributed by atoms with Gasteiger partial charge in [-0.2, -0.15) is 0 Å². The molecule has 116 valence electrons. The number of pyridine rings is 1. The van der Waals surface area contributed by atoms with E-state index in [9.17, 15) is 9.59 Å². The number of nitrogens with one attached hydrogen (secondary N) is 2. The van der Waals surface area contributed by atoms with Crippen LogP contribution in [-0.2, 0) is 0 Å². The zero-order chi connectivity index (χ0) is 16.6. The number of halogens is 2. The van der Waals surface area contributed by atoms with Crippen molar-refractivity contribution in [3.8, 4) is 0 Å². The predicted octanol–water partition coefficient (Wildman–Crippen LogP) is 4.35. The lowest BCUT2D eigenvalue weighted by atomic mass is 10.1. The van der Waals surface area contributed by atoms with Crippen LogP contribution in [0.15, 0.2) is 47.3 Å². The van der Waals surface area contributed by atoms with Crippen LogP contribution in [0.4, 0.5) is 5.69 Å². The molecule has 0 spiro atoms. The number of H-pyrrole nitrogens is 1. The average Bonchev–Trinajstić information content (AvgIpc) is 2.50. The number of carbonyl (C=O) groups excluding carboxylic acids is 1. The molecule has 0 saturated carbocycles. The molecule has 1 amide bonds. The van der Waals surface area contributed by atoms with E-state index in [0.717, 1.165) is 9.09 Å². The summed E-state index contributed by atoms with van der Waals surface area (Å²) in [5.41, 5.74) is 1.68. The summed E-state index contributed by atoms with van der Waals surface area (Å²) in [5.74, 6) is -0.438. The third kappa shape index (κ3) is 3.25. The van der Waals surface area contributed by atoms with E-state index >= 15 is 0 Å². The zero-order valence-electron chi connectivity index (χ0n) is 12.1. The number of hydrogen-bond donors (Lipinski definition) is 2. The van der Waals surface area contributed by atoms with Gasteiger partial charge in [-0.1, -0.05) is 11.6 Å². The first kappa shape index (κ1) is 16.0. The molecule has 4 nitrogen and oxygen atoms in total. The lowest BCUT2D eigenvalue weighted by Gasteiger charge is -2.09. The van der Waals surface area contributed by atoms with Crippen LogP contribution in [0.5, 0.6) is 0 Å². The molecule has 0 atom stereocenters. The van der Waals surface area contributed by atoms with Gasteiger partial charge in [-0.3, -0.25) is 9.59 Å². The Kier molecular flexibility index (Phi) is 4.41. The van der Waals surface area contributed by atoms with E-state index in [4.69, 9.17) is 11.6 Å². The minimum atomic E-state index is -0.438. The number of fused-ring (bicyclic) bond motifs is 1. The average molecular weight is 439 g/mol. The number of carbonyl (C=O) groups is 1. The van der Waals surface area contributed by atoms with Crippen molar-refractivity contribution in [2.45, 2.75) is 6.92 Å².